The summed E-state index contributed by atoms with van der Waals surface area (Å²) in [5.41, 5.74) is 0. The van der Waals surface area contributed by atoms with Crippen molar-refractivity contribution < 1.29 is 9.52 Å². The lowest BCUT2D eigenvalue weighted by Crippen LogP contribution is -2.06. The fourth-order valence-corrected chi connectivity index (χ4v) is 1.54. The molecule has 0 aliphatic heterocycles. The van der Waals surface area contributed by atoms with Gasteiger partial charge in [-0.25, -0.2) is 4.98 Å². The number of nitrogens with zero attached hydrogens (tertiary/aromatic N) is 3. The standard InChI is InChI=1S/C11H15N3O2/c1-3-8-4-5-10(16-8)9(15)6-11-12-7-13-14(11)2/h4-5,7,9,15H,3,6H2,1-2H3. The van der Waals surface area contributed by atoms with Gasteiger partial charge in [-0.15, -0.1) is 0 Å². The molecule has 0 bridgehead atoms. The number of hydrogen-bond donors (Lipinski definition) is 1. The molecular formula is C11H15N3O2. The van der Waals surface area contributed by atoms with Crippen LogP contribution in [0.2, 0.25) is 0 Å². The molecule has 5 heteroatoms. The fraction of sp³-hybridized carbons (Fsp3) is 0.455. The molecule has 0 saturated carbocycles. The van der Waals surface area contributed by atoms with Gasteiger partial charge < -0.3 is 9.52 Å². The Kier molecular flexibility index (Phi) is 3.05. The van der Waals surface area contributed by atoms with Gasteiger partial charge in [0.05, 0.1) is 0 Å². The largest absolute Gasteiger partial charge is 0.463 e. The first-order valence-electron chi connectivity index (χ1n) is 5.30. The van der Waals surface area contributed by atoms with Crippen molar-refractivity contribution in [2.24, 2.45) is 7.05 Å². The van der Waals surface area contributed by atoms with E-state index in [1.807, 2.05) is 13.0 Å². The van der Waals surface area contributed by atoms with E-state index >= 15 is 0 Å². The molecule has 1 unspecified atom stereocenters. The summed E-state index contributed by atoms with van der Waals surface area (Å²) in [5.74, 6) is 2.20. The Balaban J connectivity index is 2.08. The maximum absolute atomic E-state index is 9.95. The smallest absolute Gasteiger partial charge is 0.138 e. The van der Waals surface area contributed by atoms with E-state index < -0.39 is 6.10 Å². The maximum Gasteiger partial charge on any atom is 0.138 e. The zero-order chi connectivity index (χ0) is 11.5. The summed E-state index contributed by atoms with van der Waals surface area (Å²) in [4.78, 5) is 4.06. The lowest BCUT2D eigenvalue weighted by atomic mass is 10.2. The summed E-state index contributed by atoms with van der Waals surface area (Å²) in [6.07, 6.45) is 2.05. The summed E-state index contributed by atoms with van der Waals surface area (Å²) in [6, 6.07) is 3.69. The van der Waals surface area contributed by atoms with Crippen molar-refractivity contribution in [2.75, 3.05) is 0 Å². The van der Waals surface area contributed by atoms with Crippen LogP contribution < -0.4 is 0 Å². The summed E-state index contributed by atoms with van der Waals surface area (Å²) in [5, 5.41) is 13.9. The molecule has 0 radical (unpaired) electrons. The van der Waals surface area contributed by atoms with E-state index in [4.69, 9.17) is 4.42 Å². The van der Waals surface area contributed by atoms with Gasteiger partial charge in [0.15, 0.2) is 0 Å². The first-order chi connectivity index (χ1) is 7.70. The minimum Gasteiger partial charge on any atom is -0.463 e. The molecule has 0 aliphatic rings. The fourth-order valence-electron chi connectivity index (χ4n) is 1.54. The molecule has 0 amide bonds. The number of rotatable bonds is 4. The molecule has 1 atom stereocenters. The van der Waals surface area contributed by atoms with Crippen LogP contribution in [0.3, 0.4) is 0 Å². The van der Waals surface area contributed by atoms with Crippen molar-refractivity contribution in [3.8, 4) is 0 Å². The predicted molar refractivity (Wildman–Crippen MR) is 57.8 cm³/mol. The lowest BCUT2D eigenvalue weighted by Gasteiger charge is -2.06. The number of aliphatic hydroxyl groups is 1. The Morgan fingerprint density at radius 3 is 2.88 bits per heavy atom. The summed E-state index contributed by atoms with van der Waals surface area (Å²) < 4.78 is 7.12. The van der Waals surface area contributed by atoms with E-state index in [1.54, 1.807) is 17.8 Å². The SMILES string of the molecule is CCc1ccc(C(O)Cc2ncnn2C)o1. The Hall–Kier alpha value is -1.62. The maximum atomic E-state index is 9.95. The second-order valence-electron chi connectivity index (χ2n) is 3.68. The van der Waals surface area contributed by atoms with E-state index in [0.29, 0.717) is 12.2 Å². The normalized spacial score (nSPS) is 12.9. The molecule has 2 rings (SSSR count). The van der Waals surface area contributed by atoms with Gasteiger partial charge in [0, 0.05) is 19.9 Å². The van der Waals surface area contributed by atoms with E-state index in [2.05, 4.69) is 10.1 Å². The van der Waals surface area contributed by atoms with Crippen LogP contribution in [-0.4, -0.2) is 19.9 Å². The van der Waals surface area contributed by atoms with Crippen molar-refractivity contribution >= 4 is 0 Å². The van der Waals surface area contributed by atoms with Crippen LogP contribution >= 0.6 is 0 Å². The molecule has 2 aromatic heterocycles. The molecule has 86 valence electrons. The number of furan rings is 1. The van der Waals surface area contributed by atoms with Gasteiger partial charge in [-0.05, 0) is 12.1 Å². The molecule has 0 fully saturated rings. The molecule has 2 heterocycles. The van der Waals surface area contributed by atoms with Crippen molar-refractivity contribution in [3.05, 3.63) is 35.8 Å². The topological polar surface area (TPSA) is 64.1 Å². The molecule has 2 aromatic rings. The first kappa shape index (κ1) is 10.9. The highest BCUT2D eigenvalue weighted by Crippen LogP contribution is 2.19. The lowest BCUT2D eigenvalue weighted by molar-refractivity contribution is 0.145. The molecule has 0 aliphatic carbocycles. The molecular weight excluding hydrogens is 206 g/mol. The van der Waals surface area contributed by atoms with Gasteiger partial charge in [0.1, 0.15) is 29.8 Å². The van der Waals surface area contributed by atoms with E-state index in [-0.39, 0.29) is 0 Å². The van der Waals surface area contributed by atoms with E-state index in [0.717, 1.165) is 18.0 Å². The second kappa shape index (κ2) is 4.49. The van der Waals surface area contributed by atoms with Crippen molar-refractivity contribution in [3.63, 3.8) is 0 Å². The summed E-state index contributed by atoms with van der Waals surface area (Å²) in [6.45, 7) is 2.01. The molecule has 0 aromatic carbocycles. The third-order valence-electron chi connectivity index (χ3n) is 2.54. The number of hydrogen-bond acceptors (Lipinski definition) is 4. The van der Waals surface area contributed by atoms with Crippen LogP contribution in [0.4, 0.5) is 0 Å². The minimum absolute atomic E-state index is 0.410. The quantitative estimate of drug-likeness (QED) is 0.843. The Morgan fingerprint density at radius 1 is 1.50 bits per heavy atom. The van der Waals surface area contributed by atoms with Crippen molar-refractivity contribution in [2.45, 2.75) is 25.9 Å². The van der Waals surface area contributed by atoms with Crippen molar-refractivity contribution in [1.82, 2.24) is 14.8 Å². The highest BCUT2D eigenvalue weighted by Gasteiger charge is 2.15. The summed E-state index contributed by atoms with van der Waals surface area (Å²) in [7, 11) is 1.80. The Labute approximate surface area is 93.7 Å². The van der Waals surface area contributed by atoms with Gasteiger partial charge in [-0.1, -0.05) is 6.92 Å². The van der Waals surface area contributed by atoms with Gasteiger partial charge in [-0.3, -0.25) is 4.68 Å². The van der Waals surface area contributed by atoms with Crippen LogP contribution in [0.1, 0.15) is 30.4 Å². The van der Waals surface area contributed by atoms with Crippen molar-refractivity contribution in [1.29, 1.82) is 0 Å². The molecule has 16 heavy (non-hydrogen) atoms. The third-order valence-corrected chi connectivity index (χ3v) is 2.54. The molecule has 0 saturated heterocycles. The zero-order valence-electron chi connectivity index (χ0n) is 9.42. The Morgan fingerprint density at radius 2 is 2.31 bits per heavy atom. The first-order valence-corrected chi connectivity index (χ1v) is 5.30. The van der Waals surface area contributed by atoms with E-state index in [9.17, 15) is 5.11 Å². The average Bonchev–Trinajstić information content (AvgIpc) is 2.88. The second-order valence-corrected chi connectivity index (χ2v) is 3.68. The molecule has 5 nitrogen and oxygen atoms in total. The van der Waals surface area contributed by atoms with Gasteiger partial charge in [0.25, 0.3) is 0 Å². The number of aryl methyl sites for hydroxylation is 2. The van der Waals surface area contributed by atoms with Crippen LogP contribution in [-0.2, 0) is 19.9 Å². The highest BCUT2D eigenvalue weighted by molar-refractivity contribution is 5.10. The van der Waals surface area contributed by atoms with Gasteiger partial charge >= 0.3 is 0 Å². The molecule has 0 spiro atoms. The number of aliphatic hydroxyl groups excluding tert-OH is 1. The predicted octanol–water partition coefficient (Wildman–Crippen LogP) is 1.25. The molecule has 1 N–H and O–H groups in total. The zero-order valence-corrected chi connectivity index (χ0v) is 9.42. The van der Waals surface area contributed by atoms with Crippen LogP contribution in [0.25, 0.3) is 0 Å². The average molecular weight is 221 g/mol. The van der Waals surface area contributed by atoms with Crippen LogP contribution in [0.5, 0.6) is 0 Å². The minimum atomic E-state index is -0.664. The van der Waals surface area contributed by atoms with E-state index in [1.165, 1.54) is 6.33 Å². The third kappa shape index (κ3) is 2.14. The monoisotopic (exact) mass is 221 g/mol. The van der Waals surface area contributed by atoms with Crippen LogP contribution in [0.15, 0.2) is 22.9 Å². The highest BCUT2D eigenvalue weighted by atomic mass is 16.4. The van der Waals surface area contributed by atoms with Crippen LogP contribution in [0, 0.1) is 0 Å². The Bertz CT molecular complexity index is 461. The summed E-state index contributed by atoms with van der Waals surface area (Å²) >= 11 is 0. The number of aromatic nitrogens is 3. The van der Waals surface area contributed by atoms with Gasteiger partial charge in [0.2, 0.25) is 0 Å². The van der Waals surface area contributed by atoms with Gasteiger partial charge in [-0.2, -0.15) is 5.10 Å².